The van der Waals surface area contributed by atoms with E-state index in [0.29, 0.717) is 0 Å². The molecule has 0 bridgehead atoms. The first kappa shape index (κ1) is 11.2. The molecule has 2 heterocycles. The van der Waals surface area contributed by atoms with Crippen LogP contribution in [0.2, 0.25) is 5.02 Å². The molecule has 1 atom stereocenters. The molecule has 0 aliphatic carbocycles. The van der Waals surface area contributed by atoms with Crippen molar-refractivity contribution in [1.82, 2.24) is 10.4 Å². The first-order valence-electron chi connectivity index (χ1n) is 5.82. The number of pyridine rings is 1. The molecule has 1 N–H and O–H groups in total. The van der Waals surface area contributed by atoms with E-state index in [1.165, 1.54) is 0 Å². The average molecular weight is 258 g/mol. The summed E-state index contributed by atoms with van der Waals surface area (Å²) in [5.41, 5.74) is 6.20. The summed E-state index contributed by atoms with van der Waals surface area (Å²) in [7, 11) is 0. The minimum Gasteiger partial charge on any atom is -0.302 e. The third-order valence-corrected chi connectivity index (χ3v) is 3.20. The third kappa shape index (κ3) is 2.22. The Balaban J connectivity index is 1.79. The molecule has 0 fully saturated rings. The Hall–Kier alpha value is -1.87. The highest BCUT2D eigenvalue weighted by Crippen LogP contribution is 2.25. The summed E-state index contributed by atoms with van der Waals surface area (Å²) in [6.07, 6.45) is 2.61. The van der Waals surface area contributed by atoms with Crippen LogP contribution in [0.1, 0.15) is 23.7 Å². The van der Waals surface area contributed by atoms with Gasteiger partial charge in [-0.3, -0.25) is 4.98 Å². The van der Waals surface area contributed by atoms with Crippen molar-refractivity contribution < 1.29 is 0 Å². The fraction of sp³-hybridized carbons (Fsp3) is 0.143. The molecule has 3 rings (SSSR count). The molecule has 1 aliphatic heterocycles. The van der Waals surface area contributed by atoms with Crippen LogP contribution in [0.15, 0.2) is 53.8 Å². The topological polar surface area (TPSA) is 37.3 Å². The average Bonchev–Trinajstić information content (AvgIpc) is 2.89. The first-order valence-corrected chi connectivity index (χ1v) is 6.20. The molecule has 1 aliphatic rings. The van der Waals surface area contributed by atoms with Crippen molar-refractivity contribution in [3.63, 3.8) is 0 Å². The minimum absolute atomic E-state index is 0.181. The van der Waals surface area contributed by atoms with E-state index in [0.717, 1.165) is 28.4 Å². The number of rotatable bonds is 2. The van der Waals surface area contributed by atoms with Crippen molar-refractivity contribution in [2.45, 2.75) is 12.5 Å². The Morgan fingerprint density at radius 2 is 2.11 bits per heavy atom. The highest BCUT2D eigenvalue weighted by Gasteiger charge is 2.21. The summed E-state index contributed by atoms with van der Waals surface area (Å²) in [5.74, 6) is 0. The zero-order valence-electron chi connectivity index (χ0n) is 9.68. The van der Waals surface area contributed by atoms with Crippen LogP contribution in [-0.2, 0) is 0 Å². The lowest BCUT2D eigenvalue weighted by Gasteiger charge is -2.10. The molecule has 0 spiro atoms. The van der Waals surface area contributed by atoms with Gasteiger partial charge >= 0.3 is 0 Å². The van der Waals surface area contributed by atoms with Gasteiger partial charge in [0.15, 0.2) is 0 Å². The molecular formula is C14H12ClN3. The first-order chi connectivity index (χ1) is 8.83. The number of hydrogen-bond donors (Lipinski definition) is 1. The summed E-state index contributed by atoms with van der Waals surface area (Å²) < 4.78 is 0. The second-order valence-electron chi connectivity index (χ2n) is 4.21. The highest BCUT2D eigenvalue weighted by molar-refractivity contribution is 6.30. The standard InChI is InChI=1S/C14H12ClN3/c15-11-5-3-4-10(8-11)13-9-14(18-17-13)12-6-1-2-7-16-12/h1-8,13,17H,9H2. The molecule has 0 radical (unpaired) electrons. The van der Waals surface area contributed by atoms with Gasteiger partial charge in [0.1, 0.15) is 0 Å². The Labute approximate surface area is 111 Å². The largest absolute Gasteiger partial charge is 0.302 e. The zero-order valence-corrected chi connectivity index (χ0v) is 10.4. The van der Waals surface area contributed by atoms with Crippen LogP contribution in [0.25, 0.3) is 0 Å². The van der Waals surface area contributed by atoms with Gasteiger partial charge in [-0.25, -0.2) is 0 Å². The summed E-state index contributed by atoms with van der Waals surface area (Å²) in [5, 5.41) is 5.11. The van der Waals surface area contributed by atoms with Gasteiger partial charge in [0.25, 0.3) is 0 Å². The SMILES string of the molecule is Clc1cccc(C2CC(c3ccccn3)=NN2)c1. The van der Waals surface area contributed by atoms with E-state index in [-0.39, 0.29) is 6.04 Å². The monoisotopic (exact) mass is 257 g/mol. The number of nitrogens with zero attached hydrogens (tertiary/aromatic N) is 2. The van der Waals surface area contributed by atoms with Gasteiger partial charge in [-0.15, -0.1) is 0 Å². The molecular weight excluding hydrogens is 246 g/mol. The summed E-state index contributed by atoms with van der Waals surface area (Å²) >= 11 is 6.00. The second kappa shape index (κ2) is 4.78. The highest BCUT2D eigenvalue weighted by atomic mass is 35.5. The molecule has 90 valence electrons. The Kier molecular flexibility index (Phi) is 2.99. The van der Waals surface area contributed by atoms with Crippen LogP contribution in [-0.4, -0.2) is 10.7 Å². The number of hydrogen-bond acceptors (Lipinski definition) is 3. The molecule has 4 heteroatoms. The van der Waals surface area contributed by atoms with Crippen molar-refractivity contribution >= 4 is 17.3 Å². The Morgan fingerprint density at radius 1 is 1.17 bits per heavy atom. The van der Waals surface area contributed by atoms with Gasteiger partial charge in [0.05, 0.1) is 17.4 Å². The fourth-order valence-electron chi connectivity index (χ4n) is 2.05. The fourth-order valence-corrected chi connectivity index (χ4v) is 2.25. The van der Waals surface area contributed by atoms with Crippen molar-refractivity contribution in [2.75, 3.05) is 0 Å². The van der Waals surface area contributed by atoms with E-state index < -0.39 is 0 Å². The Morgan fingerprint density at radius 3 is 2.89 bits per heavy atom. The Bertz CT molecular complexity index is 581. The quantitative estimate of drug-likeness (QED) is 0.897. The van der Waals surface area contributed by atoms with Gasteiger partial charge in [0.2, 0.25) is 0 Å². The maximum Gasteiger partial charge on any atom is 0.0883 e. The molecule has 1 aromatic carbocycles. The van der Waals surface area contributed by atoms with E-state index in [4.69, 9.17) is 11.6 Å². The number of nitrogens with one attached hydrogen (secondary N) is 1. The van der Waals surface area contributed by atoms with Crippen molar-refractivity contribution in [3.05, 3.63) is 64.9 Å². The van der Waals surface area contributed by atoms with Gasteiger partial charge in [-0.1, -0.05) is 29.8 Å². The second-order valence-corrected chi connectivity index (χ2v) is 4.65. The summed E-state index contributed by atoms with van der Waals surface area (Å²) in [6.45, 7) is 0. The molecule has 0 amide bonds. The van der Waals surface area contributed by atoms with Gasteiger partial charge in [-0.2, -0.15) is 5.10 Å². The van der Waals surface area contributed by atoms with Crippen LogP contribution in [0.3, 0.4) is 0 Å². The number of hydrazone groups is 1. The minimum atomic E-state index is 0.181. The molecule has 0 saturated heterocycles. The van der Waals surface area contributed by atoms with Crippen LogP contribution in [0.4, 0.5) is 0 Å². The molecule has 1 aromatic heterocycles. The zero-order chi connectivity index (χ0) is 12.4. The smallest absolute Gasteiger partial charge is 0.0883 e. The molecule has 1 unspecified atom stereocenters. The van der Waals surface area contributed by atoms with Gasteiger partial charge < -0.3 is 5.43 Å². The van der Waals surface area contributed by atoms with E-state index in [1.54, 1.807) is 6.20 Å². The van der Waals surface area contributed by atoms with Crippen molar-refractivity contribution in [1.29, 1.82) is 0 Å². The molecule has 2 aromatic rings. The maximum atomic E-state index is 6.00. The van der Waals surface area contributed by atoms with Crippen LogP contribution in [0, 0.1) is 0 Å². The predicted molar refractivity (Wildman–Crippen MR) is 72.7 cm³/mol. The van der Waals surface area contributed by atoms with Crippen LogP contribution >= 0.6 is 11.6 Å². The number of halogens is 1. The lowest BCUT2D eigenvalue weighted by Crippen LogP contribution is -2.09. The van der Waals surface area contributed by atoms with Crippen molar-refractivity contribution in [3.8, 4) is 0 Å². The summed E-state index contributed by atoms with van der Waals surface area (Å²) in [6, 6.07) is 13.9. The van der Waals surface area contributed by atoms with E-state index >= 15 is 0 Å². The normalized spacial score (nSPS) is 18.3. The van der Waals surface area contributed by atoms with E-state index in [9.17, 15) is 0 Å². The van der Waals surface area contributed by atoms with Crippen molar-refractivity contribution in [2.24, 2.45) is 5.10 Å². The van der Waals surface area contributed by atoms with Gasteiger partial charge in [0, 0.05) is 17.6 Å². The van der Waals surface area contributed by atoms with Crippen LogP contribution < -0.4 is 5.43 Å². The number of benzene rings is 1. The van der Waals surface area contributed by atoms with Gasteiger partial charge in [-0.05, 0) is 29.8 Å². The van der Waals surface area contributed by atoms with E-state index in [1.807, 2.05) is 36.4 Å². The lowest BCUT2D eigenvalue weighted by molar-refractivity contribution is 0.620. The van der Waals surface area contributed by atoms with Crippen LogP contribution in [0.5, 0.6) is 0 Å². The third-order valence-electron chi connectivity index (χ3n) is 2.96. The maximum absolute atomic E-state index is 6.00. The molecule has 3 nitrogen and oxygen atoms in total. The molecule has 18 heavy (non-hydrogen) atoms. The lowest BCUT2D eigenvalue weighted by atomic mass is 10.0. The number of aromatic nitrogens is 1. The molecule has 0 saturated carbocycles. The predicted octanol–water partition coefficient (Wildman–Crippen LogP) is 3.17. The summed E-state index contributed by atoms with van der Waals surface area (Å²) in [4.78, 5) is 4.31. The van der Waals surface area contributed by atoms with E-state index in [2.05, 4.69) is 21.6 Å².